The van der Waals surface area contributed by atoms with Crippen LogP contribution in [0.25, 0.3) is 0 Å². The van der Waals surface area contributed by atoms with Crippen LogP contribution in [0.3, 0.4) is 0 Å². The van der Waals surface area contributed by atoms with Gasteiger partial charge in [-0.05, 0) is 68.1 Å². The molecule has 0 aromatic rings. The molecule has 3 saturated carbocycles. The first-order chi connectivity index (χ1) is 9.75. The van der Waals surface area contributed by atoms with Gasteiger partial charge in [0.1, 0.15) is 0 Å². The van der Waals surface area contributed by atoms with Gasteiger partial charge in [0.25, 0.3) is 0 Å². The van der Waals surface area contributed by atoms with E-state index in [2.05, 4.69) is 0 Å². The van der Waals surface area contributed by atoms with E-state index in [1.54, 1.807) is 6.08 Å². The molecule has 0 aromatic heterocycles. The lowest BCUT2D eigenvalue weighted by Gasteiger charge is -2.35. The predicted molar refractivity (Wildman–Crippen MR) is 77.0 cm³/mol. The predicted octanol–water partition coefficient (Wildman–Crippen LogP) is 3.07. The minimum absolute atomic E-state index is 0.0807. The fourth-order valence-corrected chi connectivity index (χ4v) is 5.28. The number of aliphatic hydroxyl groups excluding tert-OH is 1. The van der Waals surface area contributed by atoms with Gasteiger partial charge in [-0.15, -0.1) is 0 Å². The Morgan fingerprint density at radius 3 is 3.10 bits per heavy atom. The summed E-state index contributed by atoms with van der Waals surface area (Å²) in [7, 11) is 0. The summed E-state index contributed by atoms with van der Waals surface area (Å²) in [6, 6.07) is 0. The van der Waals surface area contributed by atoms with Crippen molar-refractivity contribution in [2.45, 2.75) is 51.4 Å². The second kappa shape index (κ2) is 5.88. The van der Waals surface area contributed by atoms with Crippen molar-refractivity contribution < 1.29 is 14.6 Å². The van der Waals surface area contributed by atoms with Gasteiger partial charge in [-0.25, -0.2) is 4.79 Å². The lowest BCUT2D eigenvalue weighted by Crippen LogP contribution is -2.29. The van der Waals surface area contributed by atoms with Crippen molar-refractivity contribution in [1.82, 2.24) is 0 Å². The molecule has 3 heteroatoms. The van der Waals surface area contributed by atoms with E-state index in [1.807, 2.05) is 0 Å². The van der Waals surface area contributed by atoms with Gasteiger partial charge in [0.2, 0.25) is 0 Å². The lowest BCUT2D eigenvalue weighted by atomic mass is 9.70. The second-order valence-corrected chi connectivity index (χ2v) is 6.90. The Bertz CT molecular complexity index is 390. The molecule has 0 heterocycles. The quantitative estimate of drug-likeness (QED) is 0.600. The first kappa shape index (κ1) is 14.1. The topological polar surface area (TPSA) is 46.5 Å². The van der Waals surface area contributed by atoms with Crippen LogP contribution in [-0.4, -0.2) is 24.3 Å². The number of aliphatic hydroxyl groups is 1. The minimum atomic E-state index is -0.259. The number of hydrogen-bond donors (Lipinski definition) is 1. The molecule has 0 spiro atoms. The van der Waals surface area contributed by atoms with Gasteiger partial charge in [0, 0.05) is 12.7 Å². The Morgan fingerprint density at radius 1 is 1.35 bits per heavy atom. The highest BCUT2D eigenvalue weighted by molar-refractivity contribution is 5.81. The SMILES string of the molecule is O=C(C=CCCO)OCCC12CCC(C1)C1CCCC12. The second-order valence-electron chi connectivity index (χ2n) is 6.90. The molecule has 0 saturated heterocycles. The average Bonchev–Trinajstić information content (AvgIpc) is 3.11. The van der Waals surface area contributed by atoms with E-state index >= 15 is 0 Å². The van der Waals surface area contributed by atoms with Gasteiger partial charge in [0.15, 0.2) is 0 Å². The van der Waals surface area contributed by atoms with Crippen molar-refractivity contribution in [3.05, 3.63) is 12.2 Å². The zero-order valence-corrected chi connectivity index (χ0v) is 12.2. The number of esters is 1. The van der Waals surface area contributed by atoms with Gasteiger partial charge in [-0.3, -0.25) is 0 Å². The fourth-order valence-electron chi connectivity index (χ4n) is 5.28. The van der Waals surface area contributed by atoms with Crippen LogP contribution >= 0.6 is 0 Å². The number of fused-ring (bicyclic) bond motifs is 5. The Kier molecular flexibility index (Phi) is 4.16. The number of hydrogen-bond acceptors (Lipinski definition) is 3. The van der Waals surface area contributed by atoms with E-state index < -0.39 is 0 Å². The molecule has 4 unspecified atom stereocenters. The molecule has 0 aromatic carbocycles. The molecule has 2 bridgehead atoms. The monoisotopic (exact) mass is 278 g/mol. The summed E-state index contributed by atoms with van der Waals surface area (Å²) in [5, 5.41) is 8.65. The van der Waals surface area contributed by atoms with Crippen LogP contribution in [0.5, 0.6) is 0 Å². The van der Waals surface area contributed by atoms with Crippen LogP contribution in [0.15, 0.2) is 12.2 Å². The van der Waals surface area contributed by atoms with Gasteiger partial charge >= 0.3 is 5.97 Å². The molecule has 0 radical (unpaired) electrons. The Morgan fingerprint density at radius 2 is 2.25 bits per heavy atom. The van der Waals surface area contributed by atoms with Crippen molar-refractivity contribution in [2.24, 2.45) is 23.2 Å². The summed E-state index contributed by atoms with van der Waals surface area (Å²) < 4.78 is 5.34. The summed E-state index contributed by atoms with van der Waals surface area (Å²) in [6.45, 7) is 0.648. The number of carbonyl (C=O) groups is 1. The highest BCUT2D eigenvalue weighted by Crippen LogP contribution is 2.66. The smallest absolute Gasteiger partial charge is 0.330 e. The van der Waals surface area contributed by atoms with Crippen LogP contribution in [0.2, 0.25) is 0 Å². The number of carbonyl (C=O) groups excluding carboxylic acids is 1. The zero-order chi connectivity index (χ0) is 14.0. The summed E-state index contributed by atoms with van der Waals surface area (Å²) in [4.78, 5) is 11.5. The largest absolute Gasteiger partial charge is 0.463 e. The minimum Gasteiger partial charge on any atom is -0.463 e. The fraction of sp³-hybridized carbons (Fsp3) is 0.824. The Labute approximate surface area is 121 Å². The molecule has 3 aliphatic rings. The maximum absolute atomic E-state index is 11.5. The average molecular weight is 278 g/mol. The van der Waals surface area contributed by atoms with E-state index in [0.29, 0.717) is 18.4 Å². The molecule has 112 valence electrons. The standard InChI is InChI=1S/C17H26O3/c18-10-2-1-6-16(19)20-11-9-17-8-7-13(12-17)14-4-3-5-15(14)17/h1,6,13-15,18H,2-5,7-12H2. The van der Waals surface area contributed by atoms with E-state index in [-0.39, 0.29) is 12.6 Å². The van der Waals surface area contributed by atoms with Crippen molar-refractivity contribution >= 4 is 5.97 Å². The van der Waals surface area contributed by atoms with Gasteiger partial charge in [-0.1, -0.05) is 12.5 Å². The summed E-state index contributed by atoms with van der Waals surface area (Å²) in [5.74, 6) is 2.63. The maximum Gasteiger partial charge on any atom is 0.330 e. The Hall–Kier alpha value is -0.830. The molecule has 3 aliphatic carbocycles. The third kappa shape index (κ3) is 2.52. The molecule has 0 aliphatic heterocycles. The van der Waals surface area contributed by atoms with Crippen LogP contribution < -0.4 is 0 Å². The first-order valence-electron chi connectivity index (χ1n) is 8.19. The molecule has 3 rings (SSSR count). The van der Waals surface area contributed by atoms with Gasteiger partial charge in [0.05, 0.1) is 6.61 Å². The van der Waals surface area contributed by atoms with E-state index in [1.165, 1.54) is 44.6 Å². The van der Waals surface area contributed by atoms with Crippen LogP contribution in [0, 0.1) is 23.2 Å². The highest BCUT2D eigenvalue weighted by atomic mass is 16.5. The van der Waals surface area contributed by atoms with Crippen molar-refractivity contribution in [3.8, 4) is 0 Å². The molecule has 20 heavy (non-hydrogen) atoms. The van der Waals surface area contributed by atoms with E-state index in [9.17, 15) is 4.79 Å². The maximum atomic E-state index is 11.5. The van der Waals surface area contributed by atoms with Gasteiger partial charge in [-0.2, -0.15) is 0 Å². The third-order valence-corrected chi connectivity index (χ3v) is 6.04. The van der Waals surface area contributed by atoms with Crippen LogP contribution in [0.1, 0.15) is 51.4 Å². The number of rotatable bonds is 6. The Balaban J connectivity index is 1.48. The highest BCUT2D eigenvalue weighted by Gasteiger charge is 2.58. The molecular weight excluding hydrogens is 252 g/mol. The van der Waals surface area contributed by atoms with E-state index in [4.69, 9.17) is 9.84 Å². The van der Waals surface area contributed by atoms with Crippen LogP contribution in [-0.2, 0) is 9.53 Å². The van der Waals surface area contributed by atoms with E-state index in [0.717, 1.165) is 24.2 Å². The number of ether oxygens (including phenoxy) is 1. The summed E-state index contributed by atoms with van der Waals surface area (Å²) in [6.07, 6.45) is 13.1. The molecule has 4 atom stereocenters. The van der Waals surface area contributed by atoms with Gasteiger partial charge < -0.3 is 9.84 Å². The summed E-state index contributed by atoms with van der Waals surface area (Å²) >= 11 is 0. The summed E-state index contributed by atoms with van der Waals surface area (Å²) in [5.41, 5.74) is 0.501. The van der Waals surface area contributed by atoms with Crippen molar-refractivity contribution in [3.63, 3.8) is 0 Å². The third-order valence-electron chi connectivity index (χ3n) is 6.04. The first-order valence-corrected chi connectivity index (χ1v) is 8.19. The zero-order valence-electron chi connectivity index (χ0n) is 12.2. The molecule has 1 N–H and O–H groups in total. The molecular formula is C17H26O3. The van der Waals surface area contributed by atoms with Crippen LogP contribution in [0.4, 0.5) is 0 Å². The molecule has 0 amide bonds. The van der Waals surface area contributed by atoms with Crippen molar-refractivity contribution in [1.29, 1.82) is 0 Å². The molecule has 3 fully saturated rings. The lowest BCUT2D eigenvalue weighted by molar-refractivity contribution is -0.138. The molecule has 3 nitrogen and oxygen atoms in total. The normalized spacial score (nSPS) is 38.5. The van der Waals surface area contributed by atoms with Crippen molar-refractivity contribution in [2.75, 3.05) is 13.2 Å².